The van der Waals surface area contributed by atoms with E-state index in [1.165, 1.54) is 5.57 Å². The fourth-order valence-electron chi connectivity index (χ4n) is 5.85. The number of ether oxygens (including phenoxy) is 6. The number of hydrogen-bond donors (Lipinski definition) is 1. The van der Waals surface area contributed by atoms with E-state index in [0.29, 0.717) is 46.1 Å². The van der Waals surface area contributed by atoms with Gasteiger partial charge in [-0.1, -0.05) is 30.3 Å². The summed E-state index contributed by atoms with van der Waals surface area (Å²) in [6.07, 6.45) is 2.86. The van der Waals surface area contributed by atoms with Crippen LogP contribution in [0.15, 0.2) is 48.5 Å². The highest BCUT2D eigenvalue weighted by Crippen LogP contribution is 2.39. The monoisotopic (exact) mass is 628 g/mol. The van der Waals surface area contributed by atoms with Crippen molar-refractivity contribution in [2.24, 2.45) is 0 Å². The van der Waals surface area contributed by atoms with Gasteiger partial charge in [0.05, 0.1) is 45.2 Å². The molecule has 2 aliphatic heterocycles. The SMILES string of the molecule is COCCCC1=CC(C)(C)Oc2ccc(CO[C@H]3CNC[C@@H](OC[C@H](C)O[N+](=O)[O-])[C@@H]3c3ccc(COCCOC)cc3)cc21. The minimum atomic E-state index is -0.785. The zero-order chi connectivity index (χ0) is 32.2. The molecule has 45 heavy (non-hydrogen) atoms. The highest BCUT2D eigenvalue weighted by molar-refractivity contribution is 5.74. The number of hydrogen-bond acceptors (Lipinski definition) is 10. The van der Waals surface area contributed by atoms with Crippen molar-refractivity contribution in [1.82, 2.24) is 5.32 Å². The summed E-state index contributed by atoms with van der Waals surface area (Å²) in [7, 11) is 3.38. The molecule has 0 bridgehead atoms. The van der Waals surface area contributed by atoms with Gasteiger partial charge in [-0.05, 0) is 74.1 Å². The van der Waals surface area contributed by atoms with Gasteiger partial charge in [-0.15, -0.1) is 10.1 Å². The molecule has 248 valence electrons. The summed E-state index contributed by atoms with van der Waals surface area (Å²) in [4.78, 5) is 15.5. The van der Waals surface area contributed by atoms with Crippen molar-refractivity contribution >= 4 is 5.57 Å². The van der Waals surface area contributed by atoms with Crippen LogP contribution in [-0.2, 0) is 41.7 Å². The van der Waals surface area contributed by atoms with Crippen LogP contribution in [0.2, 0.25) is 0 Å². The van der Waals surface area contributed by atoms with Crippen LogP contribution >= 0.6 is 0 Å². The fraction of sp³-hybridized carbons (Fsp3) is 0.588. The Bertz CT molecular complexity index is 1250. The first kappa shape index (κ1) is 34.8. The third kappa shape index (κ3) is 10.5. The summed E-state index contributed by atoms with van der Waals surface area (Å²) < 4.78 is 35.2. The van der Waals surface area contributed by atoms with E-state index in [1.54, 1.807) is 21.1 Å². The third-order valence-corrected chi connectivity index (χ3v) is 7.91. The maximum absolute atomic E-state index is 10.8. The Hall–Kier alpha value is -3.06. The van der Waals surface area contributed by atoms with Gasteiger partial charge in [0.25, 0.3) is 5.09 Å². The lowest BCUT2D eigenvalue weighted by Gasteiger charge is -2.39. The largest absolute Gasteiger partial charge is 0.483 e. The Labute approximate surface area is 266 Å². The Morgan fingerprint density at radius 2 is 1.69 bits per heavy atom. The second kappa shape index (κ2) is 17.0. The minimum absolute atomic E-state index is 0.0846. The number of benzene rings is 2. The number of allylic oxidation sites excluding steroid dienone is 1. The van der Waals surface area contributed by atoms with E-state index in [2.05, 4.69) is 66.5 Å². The normalized spacial score (nSPS) is 21.4. The van der Waals surface area contributed by atoms with E-state index in [1.807, 2.05) is 6.07 Å². The Balaban J connectivity index is 1.50. The summed E-state index contributed by atoms with van der Waals surface area (Å²) in [6.45, 7) is 9.75. The van der Waals surface area contributed by atoms with Crippen LogP contribution in [0, 0.1) is 10.1 Å². The lowest BCUT2D eigenvalue weighted by molar-refractivity contribution is -0.768. The van der Waals surface area contributed by atoms with Crippen molar-refractivity contribution in [3.8, 4) is 5.75 Å². The maximum Gasteiger partial charge on any atom is 0.294 e. The van der Waals surface area contributed by atoms with Gasteiger partial charge in [0.2, 0.25) is 0 Å². The molecule has 2 heterocycles. The van der Waals surface area contributed by atoms with Crippen molar-refractivity contribution in [2.75, 3.05) is 53.7 Å². The molecule has 2 aromatic carbocycles. The molecule has 1 fully saturated rings. The first-order valence-electron chi connectivity index (χ1n) is 15.6. The number of nitrogens with one attached hydrogen (secondary N) is 1. The van der Waals surface area contributed by atoms with E-state index < -0.39 is 11.2 Å². The lowest BCUT2D eigenvalue weighted by atomic mass is 9.85. The number of piperidine rings is 1. The average molecular weight is 629 g/mol. The van der Waals surface area contributed by atoms with E-state index in [9.17, 15) is 10.1 Å². The molecule has 11 nitrogen and oxygen atoms in total. The molecule has 0 aliphatic carbocycles. The molecule has 11 heteroatoms. The van der Waals surface area contributed by atoms with Crippen molar-refractivity contribution < 1.29 is 38.3 Å². The summed E-state index contributed by atoms with van der Waals surface area (Å²) in [6, 6.07) is 14.5. The quantitative estimate of drug-likeness (QED) is 0.136. The highest BCUT2D eigenvalue weighted by Gasteiger charge is 2.36. The van der Waals surface area contributed by atoms with Crippen molar-refractivity contribution in [1.29, 1.82) is 0 Å². The summed E-state index contributed by atoms with van der Waals surface area (Å²) in [5.41, 5.74) is 5.14. The minimum Gasteiger partial charge on any atom is -0.483 e. The maximum atomic E-state index is 10.8. The van der Waals surface area contributed by atoms with Crippen LogP contribution in [0.5, 0.6) is 5.75 Å². The molecule has 1 N–H and O–H groups in total. The van der Waals surface area contributed by atoms with Crippen LogP contribution in [0.3, 0.4) is 0 Å². The molecule has 0 aromatic heterocycles. The highest BCUT2D eigenvalue weighted by atomic mass is 17.0. The van der Waals surface area contributed by atoms with Gasteiger partial charge in [0, 0.05) is 45.4 Å². The van der Waals surface area contributed by atoms with Gasteiger partial charge < -0.3 is 38.6 Å². The molecule has 0 unspecified atom stereocenters. The third-order valence-electron chi connectivity index (χ3n) is 7.91. The molecule has 0 spiro atoms. The molecule has 0 amide bonds. The first-order chi connectivity index (χ1) is 21.7. The summed E-state index contributed by atoms with van der Waals surface area (Å²) >= 11 is 0. The van der Waals surface area contributed by atoms with Crippen LogP contribution < -0.4 is 10.1 Å². The zero-order valence-corrected chi connectivity index (χ0v) is 27.1. The van der Waals surface area contributed by atoms with Crippen molar-refractivity contribution in [3.63, 3.8) is 0 Å². The van der Waals surface area contributed by atoms with E-state index >= 15 is 0 Å². The molecule has 1 saturated heterocycles. The molecule has 0 radical (unpaired) electrons. The van der Waals surface area contributed by atoms with Gasteiger partial charge >= 0.3 is 0 Å². The first-order valence-corrected chi connectivity index (χ1v) is 15.6. The number of methoxy groups -OCH3 is 2. The van der Waals surface area contributed by atoms with Gasteiger partial charge in [-0.3, -0.25) is 0 Å². The average Bonchev–Trinajstić information content (AvgIpc) is 3.01. The van der Waals surface area contributed by atoms with Gasteiger partial charge in [0.15, 0.2) is 0 Å². The zero-order valence-electron chi connectivity index (χ0n) is 27.1. The molecule has 2 aromatic rings. The smallest absolute Gasteiger partial charge is 0.294 e. The van der Waals surface area contributed by atoms with Gasteiger partial charge in [-0.2, -0.15) is 0 Å². The van der Waals surface area contributed by atoms with E-state index in [-0.39, 0.29) is 30.3 Å². The number of fused-ring (bicyclic) bond motifs is 1. The Kier molecular flexibility index (Phi) is 13.2. The van der Waals surface area contributed by atoms with Crippen molar-refractivity contribution in [2.45, 2.75) is 76.7 Å². The molecule has 4 rings (SSSR count). The van der Waals surface area contributed by atoms with Crippen LogP contribution in [0.25, 0.3) is 5.57 Å². The van der Waals surface area contributed by atoms with Gasteiger partial charge in [0.1, 0.15) is 17.5 Å². The summed E-state index contributed by atoms with van der Waals surface area (Å²) in [5.74, 6) is 0.769. The standard InChI is InChI=1S/C34H48N2O9/c1-24(45-36(37)38)21-42-31-19-35-20-32(33(31)27-11-8-25(9-12-27)22-41-16-15-40-5)43-23-26-10-13-30-29(17-26)28(7-6-14-39-4)18-34(2,3)44-30/h8-13,17-18,24,31-33,35H,6-7,14-16,19-23H2,1-5H3/t24-,31+,32-,33-/m0/s1. The molecular weight excluding hydrogens is 580 g/mol. The van der Waals surface area contributed by atoms with Crippen LogP contribution in [0.4, 0.5) is 0 Å². The van der Waals surface area contributed by atoms with E-state index in [4.69, 9.17) is 28.4 Å². The summed E-state index contributed by atoms with van der Waals surface area (Å²) in [5, 5.41) is 13.5. The predicted molar refractivity (Wildman–Crippen MR) is 170 cm³/mol. The molecular formula is C34H48N2O9. The number of nitrogens with zero attached hydrogens (tertiary/aromatic N) is 1. The number of rotatable bonds is 18. The Morgan fingerprint density at radius 3 is 2.40 bits per heavy atom. The predicted octanol–water partition coefficient (Wildman–Crippen LogP) is 5.08. The second-order valence-corrected chi connectivity index (χ2v) is 12.1. The van der Waals surface area contributed by atoms with E-state index in [0.717, 1.165) is 40.8 Å². The topological polar surface area (TPSA) is 120 Å². The fourth-order valence-corrected chi connectivity index (χ4v) is 5.85. The van der Waals surface area contributed by atoms with Gasteiger partial charge in [-0.25, -0.2) is 0 Å². The molecule has 0 saturated carbocycles. The molecule has 2 aliphatic rings. The lowest BCUT2D eigenvalue weighted by Crippen LogP contribution is -2.51. The van der Waals surface area contributed by atoms with Crippen LogP contribution in [0.1, 0.15) is 61.8 Å². The van der Waals surface area contributed by atoms with Crippen molar-refractivity contribution in [3.05, 3.63) is 80.9 Å². The second-order valence-electron chi connectivity index (χ2n) is 12.1. The van der Waals surface area contributed by atoms with Crippen LogP contribution in [-0.4, -0.2) is 82.7 Å². The Morgan fingerprint density at radius 1 is 0.978 bits per heavy atom. The molecule has 4 atom stereocenters.